The van der Waals surface area contributed by atoms with Gasteiger partial charge < -0.3 is 5.32 Å². The van der Waals surface area contributed by atoms with E-state index in [1.807, 2.05) is 66.1 Å². The van der Waals surface area contributed by atoms with Crippen molar-refractivity contribution in [2.75, 3.05) is 9.62 Å². The van der Waals surface area contributed by atoms with Crippen LogP contribution in [0.3, 0.4) is 0 Å². The highest BCUT2D eigenvalue weighted by Gasteiger charge is 2.25. The molecule has 7 heteroatoms. The molecule has 0 fully saturated rings. The Kier molecular flexibility index (Phi) is 3.82. The number of hydrogen-bond acceptors (Lipinski definition) is 4. The number of aryl methyl sites for hydroxylation is 1. The van der Waals surface area contributed by atoms with Gasteiger partial charge in [0.25, 0.3) is 0 Å². The van der Waals surface area contributed by atoms with Gasteiger partial charge in [-0.2, -0.15) is 5.10 Å². The lowest BCUT2D eigenvalue weighted by atomic mass is 10.2. The van der Waals surface area contributed by atoms with Crippen LogP contribution in [0.15, 0.2) is 64.5 Å². The topological polar surface area (TPSA) is 50.2 Å². The molecule has 122 valence electrons. The molecular weight excluding hydrogens is 340 g/mol. The van der Waals surface area contributed by atoms with E-state index in [1.165, 1.54) is 0 Å². The van der Waals surface area contributed by atoms with Crippen LogP contribution in [0.1, 0.15) is 5.56 Å². The average molecular weight is 356 g/mol. The van der Waals surface area contributed by atoms with Gasteiger partial charge in [-0.25, -0.2) is 4.21 Å². The highest BCUT2D eigenvalue weighted by atomic mass is 32.2. The first-order valence-electron chi connectivity index (χ1n) is 7.49. The lowest BCUT2D eigenvalue weighted by molar-refractivity contribution is 0.679. The Labute approximate surface area is 148 Å². The summed E-state index contributed by atoms with van der Waals surface area (Å²) < 4.78 is 16.9. The van der Waals surface area contributed by atoms with Crippen LogP contribution >= 0.6 is 12.6 Å². The Morgan fingerprint density at radius 2 is 1.92 bits per heavy atom. The number of para-hydroxylation sites is 2. The Morgan fingerprint density at radius 1 is 1.17 bits per heavy atom. The molecule has 0 bridgehead atoms. The SMILES string of the molecule is Cn1ncc2c1Nc1ccccc1N(S(=O)c1ccc(S)cc1)C2. The van der Waals surface area contributed by atoms with Crippen molar-refractivity contribution in [3.8, 4) is 0 Å². The molecule has 1 aliphatic rings. The maximum absolute atomic E-state index is 13.2. The standard InChI is InChI=1S/C17H16N4OS2/c1-20-17-12(10-18-20)11-21(16-5-3-2-4-15(16)19-17)24(22)14-8-6-13(23)7-9-14/h2-10,19,23H,11H2,1H3. The summed E-state index contributed by atoms with van der Waals surface area (Å²) in [7, 11) is 0.569. The number of aromatic nitrogens is 2. The van der Waals surface area contributed by atoms with Crippen LogP contribution in [-0.4, -0.2) is 14.0 Å². The number of nitrogens with zero attached hydrogens (tertiary/aromatic N) is 3. The van der Waals surface area contributed by atoms with Gasteiger partial charge in [0.05, 0.1) is 29.0 Å². The molecule has 1 unspecified atom stereocenters. The Morgan fingerprint density at radius 3 is 2.71 bits per heavy atom. The largest absolute Gasteiger partial charge is 0.338 e. The van der Waals surface area contributed by atoms with E-state index in [2.05, 4.69) is 23.0 Å². The van der Waals surface area contributed by atoms with Crippen molar-refractivity contribution in [1.82, 2.24) is 9.78 Å². The fourth-order valence-corrected chi connectivity index (χ4v) is 4.13. The summed E-state index contributed by atoms with van der Waals surface area (Å²) in [5.74, 6) is 0.924. The minimum Gasteiger partial charge on any atom is -0.338 e. The van der Waals surface area contributed by atoms with Crippen molar-refractivity contribution in [2.24, 2.45) is 7.05 Å². The molecule has 0 radical (unpaired) electrons. The number of rotatable bonds is 2. The van der Waals surface area contributed by atoms with Crippen molar-refractivity contribution >= 4 is 40.8 Å². The van der Waals surface area contributed by atoms with Crippen molar-refractivity contribution < 1.29 is 4.21 Å². The molecule has 0 spiro atoms. The normalized spacial score (nSPS) is 14.3. The van der Waals surface area contributed by atoms with Crippen molar-refractivity contribution in [3.63, 3.8) is 0 Å². The number of hydrogen-bond donors (Lipinski definition) is 2. The zero-order valence-corrected chi connectivity index (χ0v) is 14.7. The van der Waals surface area contributed by atoms with Gasteiger partial charge in [-0.15, -0.1) is 12.6 Å². The van der Waals surface area contributed by atoms with Gasteiger partial charge >= 0.3 is 0 Å². The van der Waals surface area contributed by atoms with E-state index in [4.69, 9.17) is 0 Å². The zero-order valence-electron chi connectivity index (χ0n) is 13.0. The van der Waals surface area contributed by atoms with E-state index in [-0.39, 0.29) is 0 Å². The van der Waals surface area contributed by atoms with Gasteiger partial charge in [0, 0.05) is 17.5 Å². The fourth-order valence-electron chi connectivity index (χ4n) is 2.76. The lowest BCUT2D eigenvalue weighted by Gasteiger charge is -2.23. The zero-order chi connectivity index (χ0) is 16.7. The van der Waals surface area contributed by atoms with Crippen LogP contribution in [0.5, 0.6) is 0 Å². The first-order chi connectivity index (χ1) is 11.6. The molecular formula is C17H16N4OS2. The summed E-state index contributed by atoms with van der Waals surface area (Å²) in [5.41, 5.74) is 2.83. The molecule has 4 rings (SSSR count). The van der Waals surface area contributed by atoms with Gasteiger partial charge in [0.2, 0.25) is 0 Å². The summed E-state index contributed by atoms with van der Waals surface area (Å²) in [5, 5.41) is 7.72. The number of anilines is 3. The van der Waals surface area contributed by atoms with Crippen LogP contribution in [0, 0.1) is 0 Å². The van der Waals surface area contributed by atoms with Crippen LogP contribution in [0.25, 0.3) is 0 Å². The second-order valence-electron chi connectivity index (χ2n) is 5.56. The van der Waals surface area contributed by atoms with Gasteiger partial charge in [0.1, 0.15) is 5.82 Å². The summed E-state index contributed by atoms with van der Waals surface area (Å²) in [4.78, 5) is 1.60. The molecule has 0 saturated heterocycles. The van der Waals surface area contributed by atoms with E-state index in [1.54, 1.807) is 4.68 Å². The lowest BCUT2D eigenvalue weighted by Crippen LogP contribution is -2.24. The molecule has 2 heterocycles. The molecule has 0 aliphatic carbocycles. The predicted octanol–water partition coefficient (Wildman–Crippen LogP) is 3.50. The van der Waals surface area contributed by atoms with Gasteiger partial charge in [-0.3, -0.25) is 8.99 Å². The Hall–Kier alpha value is -2.25. The minimum absolute atomic E-state index is 0.516. The molecule has 0 saturated carbocycles. The molecule has 24 heavy (non-hydrogen) atoms. The average Bonchev–Trinajstić information content (AvgIpc) is 2.85. The van der Waals surface area contributed by atoms with E-state index >= 15 is 0 Å². The smallest absolute Gasteiger partial charge is 0.153 e. The molecule has 1 aromatic heterocycles. The molecule has 1 atom stereocenters. The molecule has 1 aliphatic heterocycles. The first kappa shape index (κ1) is 15.3. The van der Waals surface area contributed by atoms with Crippen LogP contribution < -0.4 is 9.62 Å². The van der Waals surface area contributed by atoms with Crippen LogP contribution in [0.2, 0.25) is 0 Å². The third kappa shape index (κ3) is 2.59. The van der Waals surface area contributed by atoms with Crippen molar-refractivity contribution in [2.45, 2.75) is 16.3 Å². The minimum atomic E-state index is -1.33. The summed E-state index contributed by atoms with van der Waals surface area (Å²) >= 11 is 4.30. The van der Waals surface area contributed by atoms with Gasteiger partial charge in [-0.05, 0) is 36.4 Å². The second-order valence-corrected chi connectivity index (χ2v) is 7.49. The van der Waals surface area contributed by atoms with E-state index in [0.29, 0.717) is 6.54 Å². The fraction of sp³-hybridized carbons (Fsp3) is 0.118. The first-order valence-corrected chi connectivity index (χ1v) is 9.04. The second kappa shape index (κ2) is 5.99. The third-order valence-corrected chi connectivity index (χ3v) is 5.69. The molecule has 0 amide bonds. The maximum Gasteiger partial charge on any atom is 0.153 e. The Balaban J connectivity index is 1.81. The number of thiol groups is 1. The monoisotopic (exact) mass is 356 g/mol. The maximum atomic E-state index is 13.2. The molecule has 1 N–H and O–H groups in total. The van der Waals surface area contributed by atoms with Crippen molar-refractivity contribution in [3.05, 3.63) is 60.3 Å². The quantitative estimate of drug-likeness (QED) is 0.691. The van der Waals surface area contributed by atoms with E-state index in [9.17, 15) is 4.21 Å². The van der Waals surface area contributed by atoms with Crippen molar-refractivity contribution in [1.29, 1.82) is 0 Å². The van der Waals surface area contributed by atoms with Gasteiger partial charge in [-0.1, -0.05) is 12.1 Å². The van der Waals surface area contributed by atoms with Gasteiger partial charge in [0.15, 0.2) is 11.0 Å². The number of fused-ring (bicyclic) bond motifs is 2. The van der Waals surface area contributed by atoms with Crippen LogP contribution in [0.4, 0.5) is 17.2 Å². The molecule has 5 nitrogen and oxygen atoms in total. The third-order valence-electron chi connectivity index (χ3n) is 3.99. The number of nitrogens with one attached hydrogen (secondary N) is 1. The van der Waals surface area contributed by atoms with E-state index in [0.717, 1.165) is 32.5 Å². The number of benzene rings is 2. The highest BCUT2D eigenvalue weighted by molar-refractivity contribution is 7.86. The molecule has 3 aromatic rings. The predicted molar refractivity (Wildman–Crippen MR) is 99.2 cm³/mol. The van der Waals surface area contributed by atoms with Crippen LogP contribution in [-0.2, 0) is 24.6 Å². The summed E-state index contributed by atoms with van der Waals surface area (Å²) in [6.07, 6.45) is 1.81. The summed E-state index contributed by atoms with van der Waals surface area (Å²) in [6, 6.07) is 15.3. The highest BCUT2D eigenvalue weighted by Crippen LogP contribution is 2.37. The summed E-state index contributed by atoms with van der Waals surface area (Å²) in [6.45, 7) is 0.516. The molecule has 2 aromatic carbocycles. The Bertz CT molecular complexity index is 921. The van der Waals surface area contributed by atoms with E-state index < -0.39 is 11.0 Å².